The lowest BCUT2D eigenvalue weighted by molar-refractivity contribution is 0.405. The summed E-state index contributed by atoms with van der Waals surface area (Å²) in [6.45, 7) is 2.15. The predicted octanol–water partition coefficient (Wildman–Crippen LogP) is 3.38. The first-order chi connectivity index (χ1) is 8.08. The van der Waals surface area contributed by atoms with Crippen LogP contribution in [0.3, 0.4) is 0 Å². The molecule has 1 aliphatic heterocycles. The smallest absolute Gasteiger partial charge is 0.142 e. The molecule has 1 aromatic rings. The quantitative estimate of drug-likeness (QED) is 0.663. The van der Waals surface area contributed by atoms with Crippen molar-refractivity contribution in [2.45, 2.75) is 30.6 Å². The molecule has 2 nitrogen and oxygen atoms in total. The maximum absolute atomic E-state index is 14.1. The molecular weight excluding hydrogens is 303 g/mol. The number of nitrogens with two attached hydrogens (primary N) is 1. The first kappa shape index (κ1) is 13.3. The van der Waals surface area contributed by atoms with Crippen LogP contribution in [0.4, 0.5) is 4.39 Å². The molecule has 1 fully saturated rings. The maximum Gasteiger partial charge on any atom is 0.142 e. The second-order valence-electron chi connectivity index (χ2n) is 4.51. The molecule has 3 N–H and O–H groups in total. The van der Waals surface area contributed by atoms with Crippen molar-refractivity contribution in [3.8, 4) is 0 Å². The van der Waals surface area contributed by atoms with E-state index in [-0.39, 0.29) is 16.6 Å². The highest BCUT2D eigenvalue weighted by Gasteiger charge is 2.39. The Bertz CT molecular complexity index is 407. The second kappa shape index (κ2) is 5.26. The molecule has 0 aromatic heterocycles. The molecule has 0 spiro atoms. The van der Waals surface area contributed by atoms with Crippen molar-refractivity contribution in [2.75, 3.05) is 5.75 Å². The van der Waals surface area contributed by atoms with Gasteiger partial charge in [-0.05, 0) is 47.5 Å². The van der Waals surface area contributed by atoms with Gasteiger partial charge in [0.15, 0.2) is 0 Å². The van der Waals surface area contributed by atoms with E-state index < -0.39 is 0 Å². The number of halogens is 2. The van der Waals surface area contributed by atoms with E-state index in [1.807, 2.05) is 17.8 Å². The number of hydrogen-bond donors (Lipinski definition) is 2. The summed E-state index contributed by atoms with van der Waals surface area (Å²) in [4.78, 5) is 0. The van der Waals surface area contributed by atoms with Gasteiger partial charge in [-0.3, -0.25) is 11.3 Å². The number of hydrogen-bond acceptors (Lipinski definition) is 3. The standard InChI is InChI=1S/C12H16BrFN2S/c1-12(6-3-7-17-12)11(16-15)8-4-2-5-9(13)10(8)14/h2,4-5,11,16H,3,6-7,15H2,1H3. The van der Waals surface area contributed by atoms with Crippen molar-refractivity contribution < 1.29 is 4.39 Å². The van der Waals surface area contributed by atoms with Gasteiger partial charge >= 0.3 is 0 Å². The van der Waals surface area contributed by atoms with Crippen LogP contribution in [0.2, 0.25) is 0 Å². The summed E-state index contributed by atoms with van der Waals surface area (Å²) in [6.07, 6.45) is 2.22. The molecule has 5 heteroatoms. The van der Waals surface area contributed by atoms with Crippen molar-refractivity contribution in [3.05, 3.63) is 34.1 Å². The average Bonchev–Trinajstić information content (AvgIpc) is 2.73. The van der Waals surface area contributed by atoms with E-state index in [0.717, 1.165) is 18.6 Å². The molecule has 94 valence electrons. The highest BCUT2D eigenvalue weighted by atomic mass is 79.9. The van der Waals surface area contributed by atoms with Gasteiger partial charge in [-0.2, -0.15) is 11.8 Å². The van der Waals surface area contributed by atoms with Gasteiger partial charge in [-0.1, -0.05) is 12.1 Å². The van der Waals surface area contributed by atoms with E-state index in [1.54, 1.807) is 12.1 Å². The summed E-state index contributed by atoms with van der Waals surface area (Å²) in [5.74, 6) is 6.54. The fourth-order valence-electron chi connectivity index (χ4n) is 2.37. The first-order valence-electron chi connectivity index (χ1n) is 5.62. The number of benzene rings is 1. The zero-order valence-corrected chi connectivity index (χ0v) is 12.1. The molecule has 2 rings (SSSR count). The van der Waals surface area contributed by atoms with E-state index in [9.17, 15) is 4.39 Å². The average molecular weight is 319 g/mol. The van der Waals surface area contributed by atoms with Crippen molar-refractivity contribution >= 4 is 27.7 Å². The van der Waals surface area contributed by atoms with Gasteiger partial charge in [-0.25, -0.2) is 4.39 Å². The zero-order valence-electron chi connectivity index (χ0n) is 9.67. The van der Waals surface area contributed by atoms with E-state index >= 15 is 0 Å². The van der Waals surface area contributed by atoms with E-state index in [2.05, 4.69) is 28.3 Å². The van der Waals surface area contributed by atoms with Crippen LogP contribution in [0.25, 0.3) is 0 Å². The molecule has 1 aromatic carbocycles. The Kier molecular flexibility index (Phi) is 4.13. The van der Waals surface area contributed by atoms with Crippen molar-refractivity contribution in [1.82, 2.24) is 5.43 Å². The van der Waals surface area contributed by atoms with Gasteiger partial charge in [0.25, 0.3) is 0 Å². The van der Waals surface area contributed by atoms with Crippen molar-refractivity contribution in [1.29, 1.82) is 0 Å². The maximum atomic E-state index is 14.1. The highest BCUT2D eigenvalue weighted by molar-refractivity contribution is 9.10. The number of rotatable bonds is 3. The van der Waals surface area contributed by atoms with E-state index in [0.29, 0.717) is 10.0 Å². The van der Waals surface area contributed by atoms with Crippen LogP contribution < -0.4 is 11.3 Å². The molecule has 17 heavy (non-hydrogen) atoms. The lowest BCUT2D eigenvalue weighted by atomic mass is 9.90. The van der Waals surface area contributed by atoms with Gasteiger partial charge in [0, 0.05) is 10.3 Å². The minimum Gasteiger partial charge on any atom is -0.271 e. The van der Waals surface area contributed by atoms with Crippen LogP contribution in [0.1, 0.15) is 31.4 Å². The highest BCUT2D eigenvalue weighted by Crippen LogP contribution is 2.47. The Morgan fingerprint density at radius 3 is 2.94 bits per heavy atom. The third-order valence-corrected chi connectivity index (χ3v) is 5.52. The number of nitrogens with one attached hydrogen (secondary N) is 1. The zero-order chi connectivity index (χ0) is 12.5. The molecule has 2 atom stereocenters. The molecule has 0 saturated carbocycles. The fraction of sp³-hybridized carbons (Fsp3) is 0.500. The van der Waals surface area contributed by atoms with E-state index in [1.165, 1.54) is 0 Å². The molecule has 0 bridgehead atoms. The molecular formula is C12H16BrFN2S. The predicted molar refractivity (Wildman–Crippen MR) is 74.3 cm³/mol. The Hall–Kier alpha value is -0.100. The molecule has 2 unspecified atom stereocenters. The van der Waals surface area contributed by atoms with Gasteiger partial charge < -0.3 is 0 Å². The van der Waals surface area contributed by atoms with Crippen LogP contribution in [0, 0.1) is 5.82 Å². The Morgan fingerprint density at radius 2 is 2.35 bits per heavy atom. The Balaban J connectivity index is 2.38. The lowest BCUT2D eigenvalue weighted by Crippen LogP contribution is -2.41. The normalized spacial score (nSPS) is 26.1. The monoisotopic (exact) mass is 318 g/mol. The third-order valence-electron chi connectivity index (χ3n) is 3.32. The van der Waals surface area contributed by atoms with Crippen LogP contribution >= 0.6 is 27.7 Å². The number of hydrazine groups is 1. The van der Waals surface area contributed by atoms with Gasteiger partial charge in [0.05, 0.1) is 10.5 Å². The number of thioether (sulfide) groups is 1. The minimum atomic E-state index is -0.218. The summed E-state index contributed by atoms with van der Waals surface area (Å²) < 4.78 is 14.6. The summed E-state index contributed by atoms with van der Waals surface area (Å²) in [7, 11) is 0. The molecule has 0 amide bonds. The summed E-state index contributed by atoms with van der Waals surface area (Å²) in [5.41, 5.74) is 3.42. The second-order valence-corrected chi connectivity index (χ2v) is 6.99. The molecule has 1 aliphatic rings. The summed E-state index contributed by atoms with van der Waals surface area (Å²) >= 11 is 5.08. The van der Waals surface area contributed by atoms with Gasteiger partial charge in [-0.15, -0.1) is 0 Å². The fourth-order valence-corrected chi connectivity index (χ4v) is 4.15. The SMILES string of the molecule is CC1(C(NN)c2cccc(Br)c2F)CCCS1. The molecule has 1 saturated heterocycles. The van der Waals surface area contributed by atoms with Crippen LogP contribution in [0.15, 0.2) is 22.7 Å². The van der Waals surface area contributed by atoms with Crippen LogP contribution in [0.5, 0.6) is 0 Å². The topological polar surface area (TPSA) is 38.0 Å². The van der Waals surface area contributed by atoms with E-state index in [4.69, 9.17) is 5.84 Å². The summed E-state index contributed by atoms with van der Waals surface area (Å²) in [6, 6.07) is 5.19. The molecule has 0 radical (unpaired) electrons. The molecule has 1 heterocycles. The van der Waals surface area contributed by atoms with Crippen molar-refractivity contribution in [3.63, 3.8) is 0 Å². The largest absolute Gasteiger partial charge is 0.271 e. The van der Waals surface area contributed by atoms with Crippen LogP contribution in [-0.2, 0) is 0 Å². The van der Waals surface area contributed by atoms with Crippen molar-refractivity contribution in [2.24, 2.45) is 5.84 Å². The Labute approximate surface area is 114 Å². The first-order valence-corrected chi connectivity index (χ1v) is 7.40. The van der Waals surface area contributed by atoms with Gasteiger partial charge in [0.1, 0.15) is 5.82 Å². The van der Waals surface area contributed by atoms with Gasteiger partial charge in [0.2, 0.25) is 0 Å². The Morgan fingerprint density at radius 1 is 1.59 bits per heavy atom. The lowest BCUT2D eigenvalue weighted by Gasteiger charge is -2.33. The van der Waals surface area contributed by atoms with Crippen LogP contribution in [-0.4, -0.2) is 10.5 Å². The molecule has 0 aliphatic carbocycles. The summed E-state index contributed by atoms with van der Waals surface area (Å²) in [5, 5.41) is 0. The minimum absolute atomic E-state index is 0.0314. The third kappa shape index (κ3) is 2.52.